The van der Waals surface area contributed by atoms with Crippen molar-refractivity contribution >= 4 is 23.4 Å². The van der Waals surface area contributed by atoms with Crippen molar-refractivity contribution < 1.29 is 4.79 Å². The van der Waals surface area contributed by atoms with E-state index in [1.165, 1.54) is 6.20 Å². The molecule has 1 rings (SSSR count). The van der Waals surface area contributed by atoms with Crippen molar-refractivity contribution in [2.75, 3.05) is 24.3 Å². The molecule has 1 aromatic heterocycles. The standard InChI is InChI=1S/C7H12N4OS/c1-13-3-2-9-7(12)6-5(8)4-10-11-6/h4H,2-3,8H2,1H3,(H,9,12)(H,10,11). The summed E-state index contributed by atoms with van der Waals surface area (Å²) in [5.74, 6) is 0.684. The highest BCUT2D eigenvalue weighted by atomic mass is 32.2. The number of carbonyl (C=O) groups excluding carboxylic acids is 1. The molecule has 0 radical (unpaired) electrons. The third-order valence-electron chi connectivity index (χ3n) is 1.49. The second-order valence-electron chi connectivity index (χ2n) is 2.45. The monoisotopic (exact) mass is 200 g/mol. The summed E-state index contributed by atoms with van der Waals surface area (Å²) in [6.07, 6.45) is 3.40. The highest BCUT2D eigenvalue weighted by molar-refractivity contribution is 7.98. The number of nitrogens with two attached hydrogens (primary N) is 1. The van der Waals surface area contributed by atoms with E-state index in [9.17, 15) is 4.79 Å². The van der Waals surface area contributed by atoms with Gasteiger partial charge in [0.15, 0.2) is 0 Å². The van der Waals surface area contributed by atoms with Gasteiger partial charge in [0, 0.05) is 12.3 Å². The Morgan fingerprint density at radius 2 is 2.62 bits per heavy atom. The van der Waals surface area contributed by atoms with Crippen molar-refractivity contribution in [1.82, 2.24) is 15.5 Å². The Kier molecular flexibility index (Phi) is 3.63. The van der Waals surface area contributed by atoms with Crippen LogP contribution in [-0.4, -0.2) is 34.7 Å². The molecule has 0 atom stereocenters. The van der Waals surface area contributed by atoms with E-state index in [1.807, 2.05) is 6.26 Å². The molecule has 0 aliphatic carbocycles. The summed E-state index contributed by atoms with van der Waals surface area (Å²) in [6.45, 7) is 0.637. The molecule has 13 heavy (non-hydrogen) atoms. The summed E-state index contributed by atoms with van der Waals surface area (Å²) in [5, 5.41) is 8.91. The number of nitrogen functional groups attached to an aromatic ring is 1. The van der Waals surface area contributed by atoms with E-state index >= 15 is 0 Å². The summed E-state index contributed by atoms with van der Waals surface area (Å²) >= 11 is 1.67. The first kappa shape index (κ1) is 9.91. The predicted octanol–water partition coefficient (Wildman–Crippen LogP) is 0.0847. The van der Waals surface area contributed by atoms with Gasteiger partial charge in [-0.15, -0.1) is 0 Å². The van der Waals surface area contributed by atoms with Gasteiger partial charge in [0.25, 0.3) is 5.91 Å². The fraction of sp³-hybridized carbons (Fsp3) is 0.429. The number of hydrogen-bond acceptors (Lipinski definition) is 4. The molecule has 0 unspecified atom stereocenters. The maximum absolute atomic E-state index is 11.3. The maximum atomic E-state index is 11.3. The second kappa shape index (κ2) is 4.76. The normalized spacial score (nSPS) is 9.92. The van der Waals surface area contributed by atoms with Crippen LogP contribution < -0.4 is 11.1 Å². The molecule has 1 aromatic rings. The molecule has 1 amide bonds. The van der Waals surface area contributed by atoms with Crippen molar-refractivity contribution in [3.05, 3.63) is 11.9 Å². The molecule has 0 fully saturated rings. The maximum Gasteiger partial charge on any atom is 0.271 e. The van der Waals surface area contributed by atoms with Gasteiger partial charge in [-0.2, -0.15) is 16.9 Å². The first-order valence-electron chi connectivity index (χ1n) is 3.81. The van der Waals surface area contributed by atoms with Gasteiger partial charge in [0.2, 0.25) is 0 Å². The summed E-state index contributed by atoms with van der Waals surface area (Å²) in [6, 6.07) is 0. The zero-order valence-electron chi connectivity index (χ0n) is 7.33. The van der Waals surface area contributed by atoms with Gasteiger partial charge in [-0.05, 0) is 6.26 Å². The van der Waals surface area contributed by atoms with Crippen molar-refractivity contribution in [3.63, 3.8) is 0 Å². The third-order valence-corrected chi connectivity index (χ3v) is 2.10. The lowest BCUT2D eigenvalue weighted by molar-refractivity contribution is 0.0952. The van der Waals surface area contributed by atoms with Crippen LogP contribution in [0.3, 0.4) is 0 Å². The fourth-order valence-electron chi connectivity index (χ4n) is 0.832. The van der Waals surface area contributed by atoms with E-state index in [2.05, 4.69) is 15.5 Å². The first-order chi connectivity index (χ1) is 6.25. The zero-order valence-corrected chi connectivity index (χ0v) is 8.15. The molecule has 0 aliphatic rings. The topological polar surface area (TPSA) is 83.8 Å². The fourth-order valence-corrected chi connectivity index (χ4v) is 1.14. The van der Waals surface area contributed by atoms with Crippen LogP contribution in [0.5, 0.6) is 0 Å². The van der Waals surface area contributed by atoms with Crippen LogP contribution in [0.4, 0.5) is 5.69 Å². The summed E-state index contributed by atoms with van der Waals surface area (Å²) < 4.78 is 0. The van der Waals surface area contributed by atoms with E-state index in [-0.39, 0.29) is 5.91 Å². The van der Waals surface area contributed by atoms with E-state index in [0.717, 1.165) is 5.75 Å². The number of aromatic amines is 1. The highest BCUT2D eigenvalue weighted by Gasteiger charge is 2.09. The number of nitrogens with zero attached hydrogens (tertiary/aromatic N) is 1. The lowest BCUT2D eigenvalue weighted by Gasteiger charge is -2.01. The number of anilines is 1. The van der Waals surface area contributed by atoms with Gasteiger partial charge < -0.3 is 11.1 Å². The van der Waals surface area contributed by atoms with E-state index in [1.54, 1.807) is 11.8 Å². The van der Waals surface area contributed by atoms with Gasteiger partial charge in [-0.3, -0.25) is 9.89 Å². The van der Waals surface area contributed by atoms with Crippen LogP contribution in [-0.2, 0) is 0 Å². The molecule has 0 saturated heterocycles. The minimum atomic E-state index is -0.205. The molecule has 5 nitrogen and oxygen atoms in total. The number of rotatable bonds is 4. The number of amides is 1. The predicted molar refractivity (Wildman–Crippen MR) is 53.7 cm³/mol. The van der Waals surface area contributed by atoms with Crippen LogP contribution in [0.2, 0.25) is 0 Å². The first-order valence-corrected chi connectivity index (χ1v) is 5.21. The Morgan fingerprint density at radius 1 is 1.85 bits per heavy atom. The molecule has 72 valence electrons. The smallest absolute Gasteiger partial charge is 0.271 e. The van der Waals surface area contributed by atoms with Crippen molar-refractivity contribution in [3.8, 4) is 0 Å². The summed E-state index contributed by atoms with van der Waals surface area (Å²) in [7, 11) is 0. The van der Waals surface area contributed by atoms with Gasteiger partial charge in [0.1, 0.15) is 5.69 Å². The molecule has 0 aromatic carbocycles. The Balaban J connectivity index is 2.45. The van der Waals surface area contributed by atoms with Crippen LogP contribution in [0.1, 0.15) is 10.5 Å². The Morgan fingerprint density at radius 3 is 3.15 bits per heavy atom. The minimum Gasteiger partial charge on any atom is -0.396 e. The zero-order chi connectivity index (χ0) is 9.68. The Bertz CT molecular complexity index is 286. The van der Waals surface area contributed by atoms with Crippen LogP contribution in [0, 0.1) is 0 Å². The molecule has 0 bridgehead atoms. The molecule has 1 heterocycles. The highest BCUT2D eigenvalue weighted by Crippen LogP contribution is 2.04. The second-order valence-corrected chi connectivity index (χ2v) is 3.43. The van der Waals surface area contributed by atoms with Crippen molar-refractivity contribution in [2.45, 2.75) is 0 Å². The van der Waals surface area contributed by atoms with Gasteiger partial charge in [0.05, 0.1) is 11.9 Å². The van der Waals surface area contributed by atoms with Crippen LogP contribution >= 0.6 is 11.8 Å². The third kappa shape index (κ3) is 2.66. The number of nitrogens with one attached hydrogen (secondary N) is 2. The molecule has 6 heteroatoms. The van der Waals surface area contributed by atoms with Gasteiger partial charge >= 0.3 is 0 Å². The van der Waals surface area contributed by atoms with E-state index < -0.39 is 0 Å². The lowest BCUT2D eigenvalue weighted by atomic mass is 10.3. The SMILES string of the molecule is CSCCNC(=O)c1[nH]ncc1N. The van der Waals surface area contributed by atoms with Crippen molar-refractivity contribution in [2.24, 2.45) is 0 Å². The number of aromatic nitrogens is 2. The lowest BCUT2D eigenvalue weighted by Crippen LogP contribution is -2.26. The molecule has 0 aliphatic heterocycles. The quantitative estimate of drug-likeness (QED) is 0.601. The number of thioether (sulfide) groups is 1. The van der Waals surface area contributed by atoms with E-state index in [0.29, 0.717) is 17.9 Å². The molecule has 0 saturated carbocycles. The minimum absolute atomic E-state index is 0.205. The average Bonchev–Trinajstić information content (AvgIpc) is 2.52. The molecular formula is C7H12N4OS. The average molecular weight is 200 g/mol. The number of H-pyrrole nitrogens is 1. The van der Waals surface area contributed by atoms with Crippen LogP contribution in [0.15, 0.2) is 6.20 Å². The largest absolute Gasteiger partial charge is 0.396 e. The van der Waals surface area contributed by atoms with Crippen molar-refractivity contribution in [1.29, 1.82) is 0 Å². The van der Waals surface area contributed by atoms with E-state index in [4.69, 9.17) is 5.73 Å². The van der Waals surface area contributed by atoms with Gasteiger partial charge in [-0.25, -0.2) is 0 Å². The number of hydrogen-bond donors (Lipinski definition) is 3. The Labute approximate surface area is 80.5 Å². The summed E-state index contributed by atoms with van der Waals surface area (Å²) in [4.78, 5) is 11.3. The molecule has 4 N–H and O–H groups in total. The van der Waals surface area contributed by atoms with Gasteiger partial charge in [-0.1, -0.05) is 0 Å². The molecule has 0 spiro atoms. The Hall–Kier alpha value is -1.17. The summed E-state index contributed by atoms with van der Waals surface area (Å²) in [5.41, 5.74) is 6.20. The molecular weight excluding hydrogens is 188 g/mol. The van der Waals surface area contributed by atoms with Crippen LogP contribution in [0.25, 0.3) is 0 Å². The number of carbonyl (C=O) groups is 1.